The van der Waals surface area contributed by atoms with E-state index in [2.05, 4.69) is 50.2 Å². The number of anilines is 2. The Labute approximate surface area is 199 Å². The Bertz CT molecular complexity index is 1160. The van der Waals surface area contributed by atoms with Gasteiger partial charge in [-0.05, 0) is 91.9 Å². The van der Waals surface area contributed by atoms with Crippen LogP contribution in [0.5, 0.6) is 0 Å². The molecule has 0 aromatic heterocycles. The molecular weight excluding hydrogens is 434 g/mol. The fraction of sp³-hybridized carbons (Fsp3) is 0.346. The second-order valence-electron chi connectivity index (χ2n) is 9.43. The van der Waals surface area contributed by atoms with Gasteiger partial charge in [-0.25, -0.2) is 0 Å². The summed E-state index contributed by atoms with van der Waals surface area (Å²) in [5.41, 5.74) is 5.11. The molecule has 0 bridgehead atoms. The number of para-hydroxylation sites is 1. The van der Waals surface area contributed by atoms with E-state index in [1.807, 2.05) is 13.0 Å². The van der Waals surface area contributed by atoms with E-state index in [1.165, 1.54) is 11.3 Å². The highest BCUT2D eigenvalue weighted by atomic mass is 32.2. The van der Waals surface area contributed by atoms with Gasteiger partial charge < -0.3 is 10.2 Å². The lowest BCUT2D eigenvalue weighted by Gasteiger charge is -2.45. The lowest BCUT2D eigenvalue weighted by molar-refractivity contribution is -0.127. The molecule has 1 fully saturated rings. The Morgan fingerprint density at radius 3 is 2.61 bits per heavy atom. The number of rotatable bonds is 4. The molecule has 33 heavy (non-hydrogen) atoms. The molecule has 6 nitrogen and oxygen atoms in total. The van der Waals surface area contributed by atoms with Crippen molar-refractivity contribution in [2.45, 2.75) is 45.6 Å². The topological polar surface area (TPSA) is 69.7 Å². The Kier molecular flexibility index (Phi) is 6.10. The molecule has 2 aromatic rings. The van der Waals surface area contributed by atoms with Crippen molar-refractivity contribution in [1.29, 1.82) is 0 Å². The smallest absolute Gasteiger partial charge is 0.294 e. The molecule has 7 heteroatoms. The highest BCUT2D eigenvalue weighted by Gasteiger charge is 2.37. The molecule has 4 rings (SSSR count). The zero-order chi connectivity index (χ0) is 23.9. The van der Waals surface area contributed by atoms with E-state index in [0.29, 0.717) is 16.5 Å². The van der Waals surface area contributed by atoms with Gasteiger partial charge in [-0.15, -0.1) is 0 Å². The Morgan fingerprint density at radius 1 is 1.21 bits per heavy atom. The molecular formula is C26H29N3O3S. The third-order valence-corrected chi connectivity index (χ3v) is 7.45. The van der Waals surface area contributed by atoms with Gasteiger partial charge in [-0.3, -0.25) is 19.3 Å². The average Bonchev–Trinajstić information content (AvgIpc) is 3.01. The van der Waals surface area contributed by atoms with E-state index in [-0.39, 0.29) is 12.1 Å². The number of fused-ring (bicyclic) bond motifs is 1. The molecule has 0 radical (unpaired) electrons. The number of nitrogens with zero attached hydrogens (tertiary/aromatic N) is 2. The van der Waals surface area contributed by atoms with Crippen LogP contribution in [-0.2, 0) is 9.59 Å². The zero-order valence-electron chi connectivity index (χ0n) is 19.6. The third-order valence-electron chi connectivity index (χ3n) is 6.54. The van der Waals surface area contributed by atoms with Crippen molar-refractivity contribution < 1.29 is 14.4 Å². The molecule has 172 valence electrons. The van der Waals surface area contributed by atoms with E-state index in [4.69, 9.17) is 0 Å². The van der Waals surface area contributed by atoms with Gasteiger partial charge in [0.15, 0.2) is 0 Å². The van der Waals surface area contributed by atoms with Crippen molar-refractivity contribution in [3.05, 3.63) is 64.1 Å². The molecule has 1 unspecified atom stereocenters. The van der Waals surface area contributed by atoms with Gasteiger partial charge in [0.25, 0.3) is 11.1 Å². The predicted octanol–water partition coefficient (Wildman–Crippen LogP) is 5.39. The fourth-order valence-electron chi connectivity index (χ4n) is 4.53. The number of carbonyl (C=O) groups excluding carboxylic acids is 3. The summed E-state index contributed by atoms with van der Waals surface area (Å²) in [4.78, 5) is 41.5. The molecule has 2 aliphatic rings. The largest absolute Gasteiger partial charge is 0.369 e. The third kappa shape index (κ3) is 4.55. The Balaban J connectivity index is 1.55. The number of hydrogen-bond donors (Lipinski definition) is 1. The summed E-state index contributed by atoms with van der Waals surface area (Å²) in [6.45, 7) is 8.44. The number of carbonyl (C=O) groups is 3. The molecule has 2 heterocycles. The van der Waals surface area contributed by atoms with Crippen LogP contribution in [0.2, 0.25) is 0 Å². The molecule has 2 aromatic carbocycles. The monoisotopic (exact) mass is 463 g/mol. The van der Waals surface area contributed by atoms with Crippen molar-refractivity contribution in [2.24, 2.45) is 0 Å². The fourth-order valence-corrected chi connectivity index (χ4v) is 5.36. The summed E-state index contributed by atoms with van der Waals surface area (Å²) in [6.07, 6.45) is 2.81. The summed E-state index contributed by atoms with van der Waals surface area (Å²) >= 11 is 0.880. The molecule has 0 aliphatic carbocycles. The van der Waals surface area contributed by atoms with Gasteiger partial charge in [0.2, 0.25) is 5.91 Å². The normalized spacial score (nSPS) is 20.9. The van der Waals surface area contributed by atoms with Gasteiger partial charge in [-0.1, -0.05) is 25.1 Å². The summed E-state index contributed by atoms with van der Waals surface area (Å²) in [5, 5.41) is 2.28. The number of amides is 3. The minimum absolute atomic E-state index is 0.0728. The summed E-state index contributed by atoms with van der Waals surface area (Å²) in [6, 6.07) is 13.3. The van der Waals surface area contributed by atoms with E-state index in [1.54, 1.807) is 30.3 Å². The van der Waals surface area contributed by atoms with Crippen LogP contribution < -0.4 is 10.2 Å². The van der Waals surface area contributed by atoms with Crippen molar-refractivity contribution in [1.82, 2.24) is 4.90 Å². The number of hydrogen-bond acceptors (Lipinski definition) is 5. The van der Waals surface area contributed by atoms with Crippen LogP contribution in [0, 0.1) is 6.92 Å². The first-order valence-corrected chi connectivity index (χ1v) is 11.9. The van der Waals surface area contributed by atoms with Gasteiger partial charge in [0.05, 0.1) is 4.91 Å². The number of thioether (sulfide) groups is 1. The molecule has 0 saturated carbocycles. The maximum atomic E-state index is 12.9. The first kappa shape index (κ1) is 23.1. The van der Waals surface area contributed by atoms with E-state index in [9.17, 15) is 14.4 Å². The van der Waals surface area contributed by atoms with Gasteiger partial charge in [0.1, 0.15) is 6.54 Å². The SMILES string of the molecule is Cc1cc2c(cc1/C=C1\SC(=O)N(CC(=O)Nc3ccccc3)C1=O)C(C)CC(C)(C)N2C. The van der Waals surface area contributed by atoms with Crippen LogP contribution in [-0.4, -0.2) is 41.1 Å². The standard InChI is InChI=1S/C26H29N3O3S/c1-16-11-21-20(17(2)14-26(3,4)28(21)5)12-18(16)13-22-24(31)29(25(32)33-22)15-23(30)27-19-9-7-6-8-10-19/h6-13,17H,14-15H2,1-5H3,(H,27,30)/b22-13-. The van der Waals surface area contributed by atoms with E-state index in [0.717, 1.165) is 34.2 Å². The summed E-state index contributed by atoms with van der Waals surface area (Å²) in [5.74, 6) is -0.457. The molecule has 1 atom stereocenters. The second-order valence-corrected chi connectivity index (χ2v) is 10.4. The molecule has 1 saturated heterocycles. The maximum Gasteiger partial charge on any atom is 0.294 e. The first-order chi connectivity index (χ1) is 15.6. The highest BCUT2D eigenvalue weighted by Crippen LogP contribution is 2.44. The van der Waals surface area contributed by atoms with E-state index >= 15 is 0 Å². The van der Waals surface area contributed by atoms with Crippen LogP contribution in [0.25, 0.3) is 6.08 Å². The van der Waals surface area contributed by atoms with Crippen LogP contribution in [0.1, 0.15) is 49.8 Å². The number of benzene rings is 2. The molecule has 1 N–H and O–H groups in total. The minimum Gasteiger partial charge on any atom is -0.369 e. The number of imide groups is 1. The van der Waals surface area contributed by atoms with Crippen molar-refractivity contribution >= 4 is 46.3 Å². The number of nitrogens with one attached hydrogen (secondary N) is 1. The van der Waals surface area contributed by atoms with Gasteiger partial charge in [0, 0.05) is 24.0 Å². The van der Waals surface area contributed by atoms with E-state index < -0.39 is 17.1 Å². The summed E-state index contributed by atoms with van der Waals surface area (Å²) in [7, 11) is 2.12. The predicted molar refractivity (Wildman–Crippen MR) is 134 cm³/mol. The molecule has 3 amide bonds. The molecule has 0 spiro atoms. The van der Waals surface area contributed by atoms with Gasteiger partial charge >= 0.3 is 0 Å². The lowest BCUT2D eigenvalue weighted by Crippen LogP contribution is -2.45. The van der Waals surface area contributed by atoms with Crippen molar-refractivity contribution in [3.8, 4) is 0 Å². The highest BCUT2D eigenvalue weighted by molar-refractivity contribution is 8.18. The zero-order valence-corrected chi connectivity index (χ0v) is 20.5. The van der Waals surface area contributed by atoms with Crippen molar-refractivity contribution in [3.63, 3.8) is 0 Å². The number of aryl methyl sites for hydroxylation is 1. The quantitative estimate of drug-likeness (QED) is 0.616. The van der Waals surface area contributed by atoms with Crippen LogP contribution in [0.15, 0.2) is 47.4 Å². The second kappa shape index (κ2) is 8.71. The Morgan fingerprint density at radius 2 is 1.91 bits per heavy atom. The van der Waals surface area contributed by atoms with Crippen molar-refractivity contribution in [2.75, 3.05) is 23.8 Å². The van der Waals surface area contributed by atoms with Crippen LogP contribution in [0.4, 0.5) is 16.2 Å². The van der Waals surface area contributed by atoms with Crippen LogP contribution in [0.3, 0.4) is 0 Å². The van der Waals surface area contributed by atoms with Crippen LogP contribution >= 0.6 is 11.8 Å². The summed E-state index contributed by atoms with van der Waals surface area (Å²) < 4.78 is 0. The Hall–Kier alpha value is -3.06. The average molecular weight is 464 g/mol. The lowest BCUT2D eigenvalue weighted by atomic mass is 9.79. The maximum absolute atomic E-state index is 12.9. The molecule has 2 aliphatic heterocycles. The first-order valence-electron chi connectivity index (χ1n) is 11.1. The minimum atomic E-state index is -0.434. The van der Waals surface area contributed by atoms with Gasteiger partial charge in [-0.2, -0.15) is 0 Å².